The Kier molecular flexibility index (Phi) is 7.81. The number of hydrogen-bond acceptors (Lipinski definition) is 6. The van der Waals surface area contributed by atoms with E-state index in [-0.39, 0.29) is 35.6 Å². The Labute approximate surface area is 258 Å². The van der Waals surface area contributed by atoms with Gasteiger partial charge in [-0.25, -0.2) is 13.9 Å². The third-order valence-corrected chi connectivity index (χ3v) is 8.90. The van der Waals surface area contributed by atoms with Gasteiger partial charge in [0, 0.05) is 37.3 Å². The van der Waals surface area contributed by atoms with Crippen LogP contribution in [0.4, 0.5) is 14.9 Å². The number of fused-ring (bicyclic) bond motifs is 2. The molecule has 0 fully saturated rings. The molecular weight excluding hydrogens is 599 g/mol. The van der Waals surface area contributed by atoms with Crippen LogP contribution in [-0.4, -0.2) is 42.5 Å². The highest BCUT2D eigenvalue weighted by Gasteiger charge is 2.39. The zero-order chi connectivity index (χ0) is 31.7. The normalized spacial score (nSPS) is 12.8. The number of halogens is 1. The van der Waals surface area contributed by atoms with Crippen LogP contribution in [0.15, 0.2) is 103 Å². The second-order valence-corrected chi connectivity index (χ2v) is 12.1. The average molecular weight is 627 g/mol. The van der Waals surface area contributed by atoms with Crippen LogP contribution in [0.3, 0.4) is 0 Å². The summed E-state index contributed by atoms with van der Waals surface area (Å²) >= 11 is 0. The molecule has 0 saturated heterocycles. The van der Waals surface area contributed by atoms with Gasteiger partial charge in [0.05, 0.1) is 11.3 Å². The van der Waals surface area contributed by atoms with Crippen molar-refractivity contribution >= 4 is 38.8 Å². The minimum atomic E-state index is -4.60. The van der Waals surface area contributed by atoms with Crippen molar-refractivity contribution in [2.24, 2.45) is 0 Å². The van der Waals surface area contributed by atoms with Crippen molar-refractivity contribution in [2.75, 3.05) is 11.4 Å². The summed E-state index contributed by atoms with van der Waals surface area (Å²) in [4.78, 5) is 31.7. The monoisotopic (exact) mass is 626 g/mol. The molecule has 1 aromatic heterocycles. The first kappa shape index (κ1) is 29.6. The highest BCUT2D eigenvalue weighted by atomic mass is 32.2. The van der Waals surface area contributed by atoms with Gasteiger partial charge in [0.25, 0.3) is 5.91 Å². The number of pyridine rings is 1. The quantitative estimate of drug-likeness (QED) is 0.216. The van der Waals surface area contributed by atoms with Gasteiger partial charge in [0.1, 0.15) is 17.4 Å². The Morgan fingerprint density at radius 3 is 2.22 bits per heavy atom. The number of nitrogens with zero attached hydrogens (tertiary/aromatic N) is 3. The van der Waals surface area contributed by atoms with Crippen molar-refractivity contribution in [1.29, 1.82) is 0 Å². The molecule has 0 radical (unpaired) electrons. The third kappa shape index (κ3) is 5.75. The van der Waals surface area contributed by atoms with Gasteiger partial charge in [-0.3, -0.25) is 14.1 Å². The molecule has 0 unspecified atom stereocenters. The van der Waals surface area contributed by atoms with Crippen LogP contribution in [0, 0.1) is 5.82 Å². The maximum atomic E-state index is 14.3. The van der Waals surface area contributed by atoms with E-state index in [1.54, 1.807) is 29.0 Å². The smallest absolute Gasteiger partial charge is 0.419 e. The highest BCUT2D eigenvalue weighted by molar-refractivity contribution is 7.91. The second kappa shape index (κ2) is 11.9. The maximum absolute atomic E-state index is 14.3. The largest absolute Gasteiger partial charge is 0.478 e. The van der Waals surface area contributed by atoms with Gasteiger partial charge in [-0.05, 0) is 41.0 Å². The molecule has 2 heterocycles. The molecule has 10 nitrogen and oxygen atoms in total. The summed E-state index contributed by atoms with van der Waals surface area (Å²) in [5.74, 6) is -0.712. The van der Waals surface area contributed by atoms with E-state index >= 15 is 0 Å². The minimum absolute atomic E-state index is 0.0314. The van der Waals surface area contributed by atoms with E-state index in [1.165, 1.54) is 30.3 Å². The summed E-state index contributed by atoms with van der Waals surface area (Å²) in [5, 5.41) is 9.57. The molecule has 0 atom stereocenters. The number of carbonyl (C=O) groups is 2. The fourth-order valence-electron chi connectivity index (χ4n) is 5.53. The standard InChI is InChI=1S/C33H27FN4O6S/c1-37(45(42,43)36-33(40)41)29-25-13-8-18-35-28(25)31(44-30(22-9-4-2-5-10-22)23-11-6-3-7-12-23)27-26(29)20-38(32(27)39)19-21-14-16-24(34)17-15-21/h2-18,30,36H,19-20H2,1H3,(H,40,41). The molecule has 0 spiro atoms. The summed E-state index contributed by atoms with van der Waals surface area (Å²) in [6.45, 7) is 0.0669. The molecule has 45 heavy (non-hydrogen) atoms. The van der Waals surface area contributed by atoms with Crippen LogP contribution >= 0.6 is 0 Å². The number of nitrogens with one attached hydrogen (secondary N) is 1. The molecule has 0 bridgehead atoms. The Bertz CT molecular complexity index is 1970. The van der Waals surface area contributed by atoms with Crippen molar-refractivity contribution in [1.82, 2.24) is 14.6 Å². The van der Waals surface area contributed by atoms with Crippen LogP contribution in [-0.2, 0) is 23.3 Å². The third-order valence-electron chi connectivity index (χ3n) is 7.56. The molecule has 2 N–H and O–H groups in total. The predicted octanol–water partition coefficient (Wildman–Crippen LogP) is 5.65. The lowest BCUT2D eigenvalue weighted by molar-refractivity contribution is 0.0762. The van der Waals surface area contributed by atoms with Crippen LogP contribution in [0.2, 0.25) is 0 Å². The predicted molar refractivity (Wildman–Crippen MR) is 166 cm³/mol. The first-order valence-corrected chi connectivity index (χ1v) is 15.3. The fourth-order valence-corrected chi connectivity index (χ4v) is 6.33. The zero-order valence-corrected chi connectivity index (χ0v) is 24.7. The molecule has 6 rings (SSSR count). The summed E-state index contributed by atoms with van der Waals surface area (Å²) in [6.07, 6.45) is -0.921. The molecule has 12 heteroatoms. The van der Waals surface area contributed by atoms with Crippen molar-refractivity contribution in [3.05, 3.63) is 137 Å². The number of rotatable bonds is 9. The SMILES string of the molecule is CN(c1c2c(c(OC(c3ccccc3)c3ccccc3)c3ncccc13)C(=O)N(Cc1ccc(F)cc1)C2)S(=O)(=O)NC(=O)O. The molecular formula is C33H27FN4O6S. The molecule has 2 amide bonds. The Hall–Kier alpha value is -5.49. The van der Waals surface area contributed by atoms with E-state index in [0.29, 0.717) is 16.5 Å². The van der Waals surface area contributed by atoms with E-state index in [4.69, 9.17) is 4.74 Å². The van der Waals surface area contributed by atoms with E-state index in [2.05, 4.69) is 4.98 Å². The van der Waals surface area contributed by atoms with Gasteiger partial charge in [0.15, 0.2) is 5.75 Å². The fraction of sp³-hybridized carbons (Fsp3) is 0.121. The van der Waals surface area contributed by atoms with Gasteiger partial charge in [0.2, 0.25) is 0 Å². The van der Waals surface area contributed by atoms with Gasteiger partial charge in [-0.2, -0.15) is 8.42 Å². The number of carboxylic acid groups (broad SMARTS) is 1. The van der Waals surface area contributed by atoms with Gasteiger partial charge in [-0.1, -0.05) is 72.8 Å². The minimum Gasteiger partial charge on any atom is -0.478 e. The molecule has 1 aliphatic heterocycles. The topological polar surface area (TPSA) is 129 Å². The van der Waals surface area contributed by atoms with E-state index in [1.807, 2.05) is 60.7 Å². The van der Waals surface area contributed by atoms with Crippen LogP contribution < -0.4 is 13.8 Å². The molecule has 4 aromatic carbocycles. The number of amides is 2. The van der Waals surface area contributed by atoms with E-state index < -0.39 is 34.1 Å². The number of anilines is 1. The summed E-state index contributed by atoms with van der Waals surface area (Å²) in [6, 6.07) is 27.9. The molecule has 5 aromatic rings. The Balaban J connectivity index is 1.57. The number of hydrogen-bond donors (Lipinski definition) is 2. The maximum Gasteiger partial charge on any atom is 0.419 e. The first-order chi connectivity index (χ1) is 21.6. The lowest BCUT2D eigenvalue weighted by Crippen LogP contribution is -2.41. The average Bonchev–Trinajstić information content (AvgIpc) is 3.35. The van der Waals surface area contributed by atoms with Gasteiger partial charge >= 0.3 is 16.3 Å². The van der Waals surface area contributed by atoms with Crippen molar-refractivity contribution in [3.63, 3.8) is 0 Å². The number of ether oxygens (including phenoxy) is 1. The lowest BCUT2D eigenvalue weighted by Gasteiger charge is -2.26. The van der Waals surface area contributed by atoms with E-state index in [9.17, 15) is 27.5 Å². The number of benzene rings is 4. The Morgan fingerprint density at radius 1 is 1.00 bits per heavy atom. The Morgan fingerprint density at radius 2 is 1.62 bits per heavy atom. The second-order valence-electron chi connectivity index (χ2n) is 10.4. The summed E-state index contributed by atoms with van der Waals surface area (Å²) in [7, 11) is -3.40. The van der Waals surface area contributed by atoms with Crippen LogP contribution in [0.1, 0.15) is 38.7 Å². The van der Waals surface area contributed by atoms with E-state index in [0.717, 1.165) is 15.4 Å². The van der Waals surface area contributed by atoms with Crippen LogP contribution in [0.25, 0.3) is 10.9 Å². The first-order valence-electron chi connectivity index (χ1n) is 13.9. The zero-order valence-electron chi connectivity index (χ0n) is 23.9. The van der Waals surface area contributed by atoms with Crippen molar-refractivity contribution < 1.29 is 32.2 Å². The molecule has 1 aliphatic rings. The number of carbonyl (C=O) groups excluding carboxylic acids is 1. The summed E-state index contributed by atoms with van der Waals surface area (Å²) in [5.41, 5.74) is 3.00. The number of aromatic nitrogens is 1. The van der Waals surface area contributed by atoms with Gasteiger partial charge < -0.3 is 14.7 Å². The lowest BCUT2D eigenvalue weighted by atomic mass is 9.99. The molecule has 228 valence electrons. The van der Waals surface area contributed by atoms with Crippen LogP contribution in [0.5, 0.6) is 5.75 Å². The highest BCUT2D eigenvalue weighted by Crippen LogP contribution is 2.47. The van der Waals surface area contributed by atoms with Crippen molar-refractivity contribution in [3.8, 4) is 5.75 Å². The molecule has 0 saturated carbocycles. The van der Waals surface area contributed by atoms with Crippen molar-refractivity contribution in [2.45, 2.75) is 19.2 Å². The molecule has 0 aliphatic carbocycles. The van der Waals surface area contributed by atoms with Gasteiger partial charge in [-0.15, -0.1) is 0 Å². The summed E-state index contributed by atoms with van der Waals surface area (Å²) < 4.78 is 49.1.